The van der Waals surface area contributed by atoms with Gasteiger partial charge < -0.3 is 10.0 Å². The van der Waals surface area contributed by atoms with Crippen LogP contribution in [0.25, 0.3) is 10.8 Å². The van der Waals surface area contributed by atoms with Gasteiger partial charge in [-0.1, -0.05) is 12.1 Å². The van der Waals surface area contributed by atoms with E-state index in [1.165, 1.54) is 6.07 Å². The van der Waals surface area contributed by atoms with Gasteiger partial charge in [0.25, 0.3) is 0 Å². The minimum Gasteiger partial charge on any atom is -0.395 e. The lowest BCUT2D eigenvalue weighted by Crippen LogP contribution is -2.22. The quantitative estimate of drug-likeness (QED) is 0.856. The molecule has 3 nitrogen and oxygen atoms in total. The molecule has 1 heterocycles. The van der Waals surface area contributed by atoms with Crippen molar-refractivity contribution in [3.63, 3.8) is 0 Å². The summed E-state index contributed by atoms with van der Waals surface area (Å²) < 4.78 is 13.5. The van der Waals surface area contributed by atoms with E-state index >= 15 is 0 Å². The predicted octanol–water partition coefficient (Wildman–Crippen LogP) is 1.80. The van der Waals surface area contributed by atoms with Crippen LogP contribution in [0.15, 0.2) is 30.5 Å². The molecule has 16 heavy (non-hydrogen) atoms. The van der Waals surface area contributed by atoms with Gasteiger partial charge in [-0.15, -0.1) is 0 Å². The molecule has 0 radical (unpaired) electrons. The lowest BCUT2D eigenvalue weighted by molar-refractivity contribution is 0.304. The van der Waals surface area contributed by atoms with Gasteiger partial charge in [-0.05, 0) is 12.1 Å². The first-order chi connectivity index (χ1) is 7.72. The zero-order valence-electron chi connectivity index (χ0n) is 9.02. The summed E-state index contributed by atoms with van der Waals surface area (Å²) in [6.07, 6.45) is 1.64. The number of fused-ring (bicyclic) bond motifs is 1. The van der Waals surface area contributed by atoms with Crippen LogP contribution in [0.5, 0.6) is 0 Å². The van der Waals surface area contributed by atoms with Gasteiger partial charge in [0, 0.05) is 30.6 Å². The second-order valence-electron chi connectivity index (χ2n) is 3.65. The Morgan fingerprint density at radius 1 is 1.44 bits per heavy atom. The molecule has 2 aromatic rings. The third-order valence-electron chi connectivity index (χ3n) is 2.52. The third-order valence-corrected chi connectivity index (χ3v) is 2.52. The molecular formula is C12H13FN2O. The van der Waals surface area contributed by atoms with Gasteiger partial charge in [0.1, 0.15) is 11.6 Å². The Morgan fingerprint density at radius 3 is 3.00 bits per heavy atom. The predicted molar refractivity (Wildman–Crippen MR) is 62.1 cm³/mol. The summed E-state index contributed by atoms with van der Waals surface area (Å²) in [6.45, 7) is 0.528. The third kappa shape index (κ3) is 1.97. The number of anilines is 1. The molecule has 4 heteroatoms. The minimum atomic E-state index is -0.251. The Labute approximate surface area is 93.1 Å². The van der Waals surface area contributed by atoms with Crippen molar-refractivity contribution in [1.29, 1.82) is 0 Å². The number of likely N-dealkylation sites (N-methyl/N-ethyl adjacent to an activating group) is 1. The van der Waals surface area contributed by atoms with Gasteiger partial charge in [-0.25, -0.2) is 9.37 Å². The average Bonchev–Trinajstić information content (AvgIpc) is 2.29. The standard InChI is InChI=1S/C12H13FN2O/c1-15(5-6-16)12-7-10-9(8-14-12)3-2-4-11(10)13/h2-4,7-8,16H,5-6H2,1H3. The molecule has 0 fully saturated rings. The van der Waals surface area contributed by atoms with E-state index in [2.05, 4.69) is 4.98 Å². The van der Waals surface area contributed by atoms with Crippen LogP contribution in [0.2, 0.25) is 0 Å². The summed E-state index contributed by atoms with van der Waals surface area (Å²) in [5.74, 6) is 0.408. The smallest absolute Gasteiger partial charge is 0.131 e. The van der Waals surface area contributed by atoms with Gasteiger partial charge >= 0.3 is 0 Å². The van der Waals surface area contributed by atoms with Crippen LogP contribution >= 0.6 is 0 Å². The number of rotatable bonds is 3. The number of aliphatic hydroxyl groups is 1. The van der Waals surface area contributed by atoms with Gasteiger partial charge in [-0.3, -0.25) is 0 Å². The van der Waals surface area contributed by atoms with Crippen molar-refractivity contribution < 1.29 is 9.50 Å². The zero-order chi connectivity index (χ0) is 11.5. The second-order valence-corrected chi connectivity index (χ2v) is 3.65. The van der Waals surface area contributed by atoms with E-state index in [4.69, 9.17) is 5.11 Å². The first-order valence-corrected chi connectivity index (χ1v) is 5.08. The summed E-state index contributed by atoms with van der Waals surface area (Å²) in [5.41, 5.74) is 0. The number of aliphatic hydroxyl groups excluding tert-OH is 1. The molecule has 0 amide bonds. The monoisotopic (exact) mass is 220 g/mol. The number of hydrogen-bond donors (Lipinski definition) is 1. The molecule has 0 saturated heterocycles. The lowest BCUT2D eigenvalue weighted by Gasteiger charge is -2.16. The van der Waals surface area contributed by atoms with Crippen molar-refractivity contribution in [3.05, 3.63) is 36.3 Å². The molecule has 0 aliphatic carbocycles. The van der Waals surface area contributed by atoms with Crippen molar-refractivity contribution in [1.82, 2.24) is 4.98 Å². The molecule has 2 rings (SSSR count). The maximum Gasteiger partial charge on any atom is 0.131 e. The van der Waals surface area contributed by atoms with E-state index < -0.39 is 0 Å². The van der Waals surface area contributed by atoms with Crippen LogP contribution < -0.4 is 4.90 Å². The summed E-state index contributed by atoms with van der Waals surface area (Å²) in [4.78, 5) is 6.00. The Morgan fingerprint density at radius 2 is 2.25 bits per heavy atom. The molecule has 1 aromatic carbocycles. The fourth-order valence-electron chi connectivity index (χ4n) is 1.59. The largest absolute Gasteiger partial charge is 0.395 e. The van der Waals surface area contributed by atoms with E-state index in [1.54, 1.807) is 23.2 Å². The van der Waals surface area contributed by atoms with Crippen LogP contribution in [0.3, 0.4) is 0 Å². The number of benzene rings is 1. The Bertz CT molecular complexity index is 501. The Hall–Kier alpha value is -1.68. The number of halogens is 1. The van der Waals surface area contributed by atoms with E-state index in [9.17, 15) is 4.39 Å². The zero-order valence-corrected chi connectivity index (χ0v) is 9.02. The maximum absolute atomic E-state index is 13.5. The topological polar surface area (TPSA) is 36.4 Å². The number of nitrogens with zero attached hydrogens (tertiary/aromatic N) is 2. The molecule has 0 aliphatic rings. The highest BCUT2D eigenvalue weighted by Crippen LogP contribution is 2.21. The van der Waals surface area contributed by atoms with Crippen molar-refractivity contribution >= 4 is 16.6 Å². The van der Waals surface area contributed by atoms with Crippen molar-refractivity contribution in [2.45, 2.75) is 0 Å². The summed E-state index contributed by atoms with van der Waals surface area (Å²) >= 11 is 0. The van der Waals surface area contributed by atoms with Crippen LogP contribution in [-0.2, 0) is 0 Å². The molecule has 0 unspecified atom stereocenters. The minimum absolute atomic E-state index is 0.0491. The highest BCUT2D eigenvalue weighted by Gasteiger charge is 2.05. The molecule has 84 valence electrons. The van der Waals surface area contributed by atoms with Crippen LogP contribution in [-0.4, -0.2) is 30.3 Å². The molecule has 1 aromatic heterocycles. The van der Waals surface area contributed by atoms with E-state index in [1.807, 2.05) is 13.1 Å². The molecule has 0 atom stereocenters. The van der Waals surface area contributed by atoms with Crippen LogP contribution in [0.1, 0.15) is 0 Å². The Kier molecular flexibility index (Phi) is 3.01. The number of aromatic nitrogens is 1. The SMILES string of the molecule is CN(CCO)c1cc2c(F)cccc2cn1. The van der Waals surface area contributed by atoms with Gasteiger partial charge in [0.15, 0.2) is 0 Å². The molecule has 1 N–H and O–H groups in total. The molecule has 0 aliphatic heterocycles. The molecule has 0 spiro atoms. The molecule has 0 bridgehead atoms. The number of hydrogen-bond acceptors (Lipinski definition) is 3. The van der Waals surface area contributed by atoms with Gasteiger partial charge in [-0.2, -0.15) is 0 Å². The Balaban J connectivity index is 2.46. The first-order valence-electron chi connectivity index (χ1n) is 5.08. The maximum atomic E-state index is 13.5. The van der Waals surface area contributed by atoms with Gasteiger partial charge in [0.05, 0.1) is 6.61 Å². The highest BCUT2D eigenvalue weighted by atomic mass is 19.1. The van der Waals surface area contributed by atoms with E-state index in [0.717, 1.165) is 5.39 Å². The summed E-state index contributed by atoms with van der Waals surface area (Å²) in [5, 5.41) is 10.2. The van der Waals surface area contributed by atoms with Crippen molar-refractivity contribution in [2.75, 3.05) is 25.1 Å². The second kappa shape index (κ2) is 4.45. The van der Waals surface area contributed by atoms with Gasteiger partial charge in [0.2, 0.25) is 0 Å². The fraction of sp³-hybridized carbons (Fsp3) is 0.250. The van der Waals surface area contributed by atoms with E-state index in [-0.39, 0.29) is 12.4 Å². The lowest BCUT2D eigenvalue weighted by atomic mass is 10.1. The molecular weight excluding hydrogens is 207 g/mol. The molecule has 0 saturated carbocycles. The average molecular weight is 220 g/mol. The number of pyridine rings is 1. The normalized spacial score (nSPS) is 10.7. The summed E-state index contributed by atoms with van der Waals surface area (Å²) in [6, 6.07) is 6.61. The summed E-state index contributed by atoms with van der Waals surface area (Å²) in [7, 11) is 1.81. The van der Waals surface area contributed by atoms with Crippen LogP contribution in [0, 0.1) is 5.82 Å². The van der Waals surface area contributed by atoms with Crippen molar-refractivity contribution in [3.8, 4) is 0 Å². The van der Waals surface area contributed by atoms with Crippen LogP contribution in [0.4, 0.5) is 10.2 Å². The van der Waals surface area contributed by atoms with E-state index in [0.29, 0.717) is 17.7 Å². The van der Waals surface area contributed by atoms with Crippen molar-refractivity contribution in [2.24, 2.45) is 0 Å². The first kappa shape index (κ1) is 10.8. The fourth-order valence-corrected chi connectivity index (χ4v) is 1.59. The highest BCUT2D eigenvalue weighted by molar-refractivity contribution is 5.84.